The third kappa shape index (κ3) is 2.60. The normalized spacial score (nSPS) is 17.5. The Kier molecular flexibility index (Phi) is 3.83. The summed E-state index contributed by atoms with van der Waals surface area (Å²) in [5.74, 6) is -0.000307. The van der Waals surface area contributed by atoms with Gasteiger partial charge in [0.25, 0.3) is 5.91 Å². The first-order chi connectivity index (χ1) is 14.7. The number of carbonyl (C=O) groups is 1. The molecule has 1 fully saturated rings. The Balaban J connectivity index is 1.23. The first-order valence-electron chi connectivity index (χ1n) is 10.3. The largest absolute Gasteiger partial charge is 0.462 e. The molecule has 0 radical (unpaired) electrons. The molecule has 2 aliphatic heterocycles. The molecule has 30 heavy (non-hydrogen) atoms. The standard InChI is InChI=1S/C24H21N3O3/c28-23(20-12-21-22(26-20)18(15-29-21)16-5-3-9-25-13-16)27-10-7-24(8-11-27)19-6-2-1-4-17(19)14-30-24/h1-6,9,12-13,15,26H,7-8,10-11,14H2. The van der Waals surface area contributed by atoms with Gasteiger partial charge in [-0.05, 0) is 30.0 Å². The molecule has 0 aliphatic carbocycles. The van der Waals surface area contributed by atoms with Gasteiger partial charge >= 0.3 is 0 Å². The number of furan rings is 1. The number of benzene rings is 1. The van der Waals surface area contributed by atoms with Crippen LogP contribution in [-0.4, -0.2) is 33.9 Å². The van der Waals surface area contributed by atoms with Crippen molar-refractivity contribution in [2.75, 3.05) is 13.1 Å². The molecule has 6 nitrogen and oxygen atoms in total. The molecule has 4 aromatic rings. The number of carbonyl (C=O) groups excluding carboxylic acids is 1. The Bertz CT molecular complexity index is 1230. The predicted molar refractivity (Wildman–Crippen MR) is 112 cm³/mol. The Labute approximate surface area is 173 Å². The Morgan fingerprint density at radius 2 is 2.00 bits per heavy atom. The summed E-state index contributed by atoms with van der Waals surface area (Å²) in [6.45, 7) is 2.00. The minimum atomic E-state index is -0.246. The van der Waals surface area contributed by atoms with Crippen LogP contribution in [0.15, 0.2) is 65.5 Å². The highest BCUT2D eigenvalue weighted by atomic mass is 16.5. The van der Waals surface area contributed by atoms with Crippen LogP contribution in [0.4, 0.5) is 0 Å². The number of hydrogen-bond donors (Lipinski definition) is 1. The highest BCUT2D eigenvalue weighted by Gasteiger charge is 2.43. The predicted octanol–water partition coefficient (Wildman–Crippen LogP) is 4.48. The van der Waals surface area contributed by atoms with Crippen LogP contribution in [0.1, 0.15) is 34.5 Å². The number of nitrogens with one attached hydrogen (secondary N) is 1. The third-order valence-electron chi connectivity index (χ3n) is 6.43. The molecule has 0 unspecified atom stereocenters. The van der Waals surface area contributed by atoms with Gasteiger partial charge in [-0.2, -0.15) is 0 Å². The van der Waals surface area contributed by atoms with Crippen LogP contribution in [0.5, 0.6) is 0 Å². The second-order valence-corrected chi connectivity index (χ2v) is 8.05. The first-order valence-corrected chi connectivity index (χ1v) is 10.3. The molecule has 2 aliphatic rings. The molecule has 1 saturated heterocycles. The van der Waals surface area contributed by atoms with Crippen molar-refractivity contribution < 1.29 is 13.9 Å². The van der Waals surface area contributed by atoms with Crippen molar-refractivity contribution in [2.24, 2.45) is 0 Å². The van der Waals surface area contributed by atoms with E-state index in [4.69, 9.17) is 9.15 Å². The van der Waals surface area contributed by atoms with Crippen LogP contribution < -0.4 is 0 Å². The van der Waals surface area contributed by atoms with Crippen molar-refractivity contribution in [3.8, 4) is 11.1 Å². The maximum atomic E-state index is 13.2. The summed E-state index contributed by atoms with van der Waals surface area (Å²) in [4.78, 5) is 22.5. The summed E-state index contributed by atoms with van der Waals surface area (Å²) in [6.07, 6.45) is 6.85. The van der Waals surface area contributed by atoms with Crippen molar-refractivity contribution in [3.63, 3.8) is 0 Å². The summed E-state index contributed by atoms with van der Waals surface area (Å²) < 4.78 is 11.9. The lowest BCUT2D eigenvalue weighted by Gasteiger charge is -2.39. The summed E-state index contributed by atoms with van der Waals surface area (Å²) in [5.41, 5.74) is 6.23. The zero-order valence-corrected chi connectivity index (χ0v) is 16.4. The summed E-state index contributed by atoms with van der Waals surface area (Å²) in [5, 5.41) is 0. The van der Waals surface area contributed by atoms with Crippen LogP contribution in [0, 0.1) is 0 Å². The van der Waals surface area contributed by atoms with Crippen molar-refractivity contribution >= 4 is 17.0 Å². The molecule has 1 aromatic carbocycles. The van der Waals surface area contributed by atoms with Gasteiger partial charge in [0, 0.05) is 42.7 Å². The number of likely N-dealkylation sites (tertiary alicyclic amines) is 1. The SMILES string of the molecule is O=C(c1cc2occ(-c3cccnc3)c2[nH]1)N1CCC2(CC1)OCc1ccccc12. The van der Waals surface area contributed by atoms with E-state index in [1.165, 1.54) is 11.1 Å². The molecule has 3 aromatic heterocycles. The number of rotatable bonds is 2. The molecule has 0 atom stereocenters. The maximum Gasteiger partial charge on any atom is 0.270 e. The molecular formula is C24H21N3O3. The third-order valence-corrected chi connectivity index (χ3v) is 6.43. The molecule has 5 heterocycles. The number of fused-ring (bicyclic) bond motifs is 3. The van der Waals surface area contributed by atoms with E-state index < -0.39 is 0 Å². The monoisotopic (exact) mass is 399 g/mol. The van der Waals surface area contributed by atoms with E-state index in [9.17, 15) is 4.79 Å². The lowest BCUT2D eigenvalue weighted by atomic mass is 9.84. The minimum absolute atomic E-state index is 0.000307. The van der Waals surface area contributed by atoms with Crippen LogP contribution in [0.3, 0.4) is 0 Å². The molecule has 6 heteroatoms. The van der Waals surface area contributed by atoms with Gasteiger partial charge in [0.2, 0.25) is 0 Å². The fraction of sp³-hybridized carbons (Fsp3) is 0.250. The quantitative estimate of drug-likeness (QED) is 0.539. The average molecular weight is 399 g/mol. The van der Waals surface area contributed by atoms with E-state index in [0.29, 0.717) is 31.0 Å². The van der Waals surface area contributed by atoms with Gasteiger partial charge in [-0.3, -0.25) is 9.78 Å². The second-order valence-electron chi connectivity index (χ2n) is 8.05. The summed E-state index contributed by atoms with van der Waals surface area (Å²) in [7, 11) is 0. The highest BCUT2D eigenvalue weighted by molar-refractivity contribution is 6.00. The van der Waals surface area contributed by atoms with Gasteiger partial charge in [0.1, 0.15) is 12.0 Å². The van der Waals surface area contributed by atoms with Gasteiger partial charge in [-0.25, -0.2) is 0 Å². The Morgan fingerprint density at radius 1 is 1.13 bits per heavy atom. The van der Waals surface area contributed by atoms with Crippen molar-refractivity contribution in [2.45, 2.75) is 25.0 Å². The lowest BCUT2D eigenvalue weighted by Crippen LogP contribution is -2.45. The van der Waals surface area contributed by atoms with E-state index in [-0.39, 0.29) is 11.5 Å². The van der Waals surface area contributed by atoms with E-state index in [1.807, 2.05) is 17.0 Å². The molecule has 1 amide bonds. The number of hydrogen-bond acceptors (Lipinski definition) is 4. The smallest absolute Gasteiger partial charge is 0.270 e. The van der Waals surface area contributed by atoms with E-state index >= 15 is 0 Å². The number of H-pyrrole nitrogens is 1. The van der Waals surface area contributed by atoms with Gasteiger partial charge in [0.05, 0.1) is 17.7 Å². The van der Waals surface area contributed by atoms with E-state index in [0.717, 1.165) is 29.5 Å². The summed E-state index contributed by atoms with van der Waals surface area (Å²) >= 11 is 0. The van der Waals surface area contributed by atoms with Crippen LogP contribution in [0.25, 0.3) is 22.2 Å². The fourth-order valence-corrected chi connectivity index (χ4v) is 4.80. The lowest BCUT2D eigenvalue weighted by molar-refractivity contribution is -0.0742. The van der Waals surface area contributed by atoms with Crippen LogP contribution in [0.2, 0.25) is 0 Å². The molecule has 0 saturated carbocycles. The van der Waals surface area contributed by atoms with Gasteiger partial charge in [-0.15, -0.1) is 0 Å². The zero-order chi connectivity index (χ0) is 20.1. The van der Waals surface area contributed by atoms with E-state index in [2.05, 4.69) is 34.2 Å². The van der Waals surface area contributed by atoms with Crippen molar-refractivity contribution in [3.05, 3.63) is 77.9 Å². The van der Waals surface area contributed by atoms with Gasteiger partial charge < -0.3 is 19.0 Å². The van der Waals surface area contributed by atoms with Crippen molar-refractivity contribution in [1.82, 2.24) is 14.9 Å². The number of amides is 1. The number of piperidine rings is 1. The van der Waals surface area contributed by atoms with Crippen LogP contribution >= 0.6 is 0 Å². The molecular weight excluding hydrogens is 378 g/mol. The fourth-order valence-electron chi connectivity index (χ4n) is 4.80. The van der Waals surface area contributed by atoms with Crippen molar-refractivity contribution in [1.29, 1.82) is 0 Å². The Morgan fingerprint density at radius 3 is 2.83 bits per heavy atom. The zero-order valence-electron chi connectivity index (χ0n) is 16.4. The topological polar surface area (TPSA) is 71.4 Å². The summed E-state index contributed by atoms with van der Waals surface area (Å²) in [6, 6.07) is 14.1. The number of pyridine rings is 1. The molecule has 6 rings (SSSR count). The van der Waals surface area contributed by atoms with E-state index in [1.54, 1.807) is 24.7 Å². The first kappa shape index (κ1) is 17.5. The minimum Gasteiger partial charge on any atom is -0.462 e. The Hall–Kier alpha value is -3.38. The van der Waals surface area contributed by atoms with Gasteiger partial charge in [-0.1, -0.05) is 30.3 Å². The second kappa shape index (κ2) is 6.57. The molecule has 1 N–H and O–H groups in total. The maximum absolute atomic E-state index is 13.2. The van der Waals surface area contributed by atoms with Crippen LogP contribution in [-0.2, 0) is 16.9 Å². The number of nitrogens with zero attached hydrogens (tertiary/aromatic N) is 2. The van der Waals surface area contributed by atoms with Gasteiger partial charge in [0.15, 0.2) is 5.58 Å². The number of ether oxygens (including phenoxy) is 1. The molecule has 1 spiro atoms. The average Bonchev–Trinajstić information content (AvgIpc) is 3.48. The molecule has 150 valence electrons. The molecule has 0 bridgehead atoms. The highest BCUT2D eigenvalue weighted by Crippen LogP contribution is 2.44. The number of aromatic nitrogens is 2. The number of aromatic amines is 1.